The lowest BCUT2D eigenvalue weighted by atomic mass is 10.0. The van der Waals surface area contributed by atoms with Gasteiger partial charge in [-0.15, -0.1) is 0 Å². The Balaban J connectivity index is 1.44. The normalized spacial score (nSPS) is 15.9. The van der Waals surface area contributed by atoms with Gasteiger partial charge in [-0.1, -0.05) is 17.4 Å². The van der Waals surface area contributed by atoms with Gasteiger partial charge in [-0.2, -0.15) is 0 Å². The molecule has 1 aromatic carbocycles. The molecule has 0 unspecified atom stereocenters. The van der Waals surface area contributed by atoms with Crippen LogP contribution in [0.25, 0.3) is 6.08 Å². The smallest absolute Gasteiger partial charge is 0.250 e. The summed E-state index contributed by atoms with van der Waals surface area (Å²) in [6.07, 6.45) is 5.32. The van der Waals surface area contributed by atoms with Crippen molar-refractivity contribution in [2.24, 2.45) is 0 Å². The van der Waals surface area contributed by atoms with Gasteiger partial charge in [0, 0.05) is 12.5 Å². The maximum atomic E-state index is 12.1. The standard InChI is InChI=1S/C18H16N2O4S/c21-13-3-1-2-12-17(13)25-18(19-12)20-16(22)7-5-11-4-6-14-15(10-11)24-9-8-23-14/h4-7,10H,1-3,8-9H2,(H,19,20,22)/b7-5+. The second kappa shape index (κ2) is 6.68. The van der Waals surface area contributed by atoms with E-state index in [1.165, 1.54) is 17.4 Å². The van der Waals surface area contributed by atoms with E-state index in [0.717, 1.165) is 24.1 Å². The Bertz CT molecular complexity index is 872. The lowest BCUT2D eigenvalue weighted by Gasteiger charge is -2.18. The third-order valence-electron chi connectivity index (χ3n) is 3.99. The Morgan fingerprint density at radius 1 is 1.20 bits per heavy atom. The zero-order chi connectivity index (χ0) is 17.2. The minimum absolute atomic E-state index is 0.117. The van der Waals surface area contributed by atoms with Crippen LogP contribution in [-0.4, -0.2) is 29.9 Å². The predicted molar refractivity (Wildman–Crippen MR) is 94.5 cm³/mol. The number of rotatable bonds is 3. The number of nitrogens with one attached hydrogen (secondary N) is 1. The number of carbonyl (C=O) groups excluding carboxylic acids is 2. The number of nitrogens with zero attached hydrogens (tertiary/aromatic N) is 1. The van der Waals surface area contributed by atoms with E-state index in [-0.39, 0.29) is 11.7 Å². The summed E-state index contributed by atoms with van der Waals surface area (Å²) in [5.74, 6) is 1.23. The summed E-state index contributed by atoms with van der Waals surface area (Å²) >= 11 is 1.25. The molecule has 25 heavy (non-hydrogen) atoms. The number of carbonyl (C=O) groups is 2. The van der Waals surface area contributed by atoms with E-state index in [1.54, 1.807) is 6.08 Å². The van der Waals surface area contributed by atoms with Crippen LogP contribution >= 0.6 is 11.3 Å². The van der Waals surface area contributed by atoms with Crippen molar-refractivity contribution in [3.63, 3.8) is 0 Å². The van der Waals surface area contributed by atoms with Crippen LogP contribution in [0.5, 0.6) is 11.5 Å². The molecule has 1 N–H and O–H groups in total. The summed E-state index contributed by atoms with van der Waals surface area (Å²) < 4.78 is 11.0. The van der Waals surface area contributed by atoms with Gasteiger partial charge in [0.1, 0.15) is 13.2 Å². The number of aromatic nitrogens is 1. The van der Waals surface area contributed by atoms with Crippen molar-refractivity contribution in [2.45, 2.75) is 19.3 Å². The molecule has 0 fully saturated rings. The van der Waals surface area contributed by atoms with Gasteiger partial charge in [0.2, 0.25) is 5.91 Å². The zero-order valence-corrected chi connectivity index (χ0v) is 14.2. The number of hydrogen-bond donors (Lipinski definition) is 1. The third-order valence-corrected chi connectivity index (χ3v) is 5.05. The predicted octanol–water partition coefficient (Wildman–Crippen LogP) is 3.09. The molecule has 1 aromatic heterocycles. The highest BCUT2D eigenvalue weighted by atomic mass is 32.1. The Morgan fingerprint density at radius 2 is 2.04 bits per heavy atom. The maximum Gasteiger partial charge on any atom is 0.250 e. The SMILES string of the molecule is O=C(/C=C/c1ccc2c(c1)OCCO2)Nc1nc2c(s1)C(=O)CCC2. The van der Waals surface area contributed by atoms with Crippen molar-refractivity contribution < 1.29 is 19.1 Å². The molecule has 0 radical (unpaired) electrons. The van der Waals surface area contributed by atoms with Crippen LogP contribution < -0.4 is 14.8 Å². The van der Waals surface area contributed by atoms with E-state index in [2.05, 4.69) is 10.3 Å². The summed E-state index contributed by atoms with van der Waals surface area (Å²) in [6, 6.07) is 5.52. The summed E-state index contributed by atoms with van der Waals surface area (Å²) in [5.41, 5.74) is 1.64. The van der Waals surface area contributed by atoms with Gasteiger partial charge in [0.05, 0.1) is 10.6 Å². The lowest BCUT2D eigenvalue weighted by molar-refractivity contribution is -0.111. The van der Waals surface area contributed by atoms with Crippen LogP contribution in [-0.2, 0) is 11.2 Å². The first-order valence-electron chi connectivity index (χ1n) is 8.11. The fraction of sp³-hybridized carbons (Fsp3) is 0.278. The Morgan fingerprint density at radius 3 is 2.88 bits per heavy atom. The highest BCUT2D eigenvalue weighted by Gasteiger charge is 2.22. The van der Waals surface area contributed by atoms with Gasteiger partial charge in [-0.05, 0) is 36.6 Å². The van der Waals surface area contributed by atoms with Crippen LogP contribution in [0.4, 0.5) is 5.13 Å². The quantitative estimate of drug-likeness (QED) is 0.855. The molecule has 1 aliphatic carbocycles. The van der Waals surface area contributed by atoms with E-state index in [9.17, 15) is 9.59 Å². The summed E-state index contributed by atoms with van der Waals surface area (Å²) in [4.78, 5) is 29.0. The Kier molecular flexibility index (Phi) is 4.23. The second-order valence-electron chi connectivity index (χ2n) is 5.80. The summed E-state index contributed by atoms with van der Waals surface area (Å²) in [6.45, 7) is 1.07. The molecular weight excluding hydrogens is 340 g/mol. The van der Waals surface area contributed by atoms with E-state index in [0.29, 0.717) is 41.1 Å². The van der Waals surface area contributed by atoms with Gasteiger partial charge in [0.25, 0.3) is 0 Å². The fourth-order valence-corrected chi connectivity index (χ4v) is 3.79. The van der Waals surface area contributed by atoms with Crippen molar-refractivity contribution >= 4 is 34.2 Å². The molecule has 2 heterocycles. The van der Waals surface area contributed by atoms with Crippen LogP contribution in [0, 0.1) is 0 Å². The van der Waals surface area contributed by atoms with Crippen LogP contribution in [0.3, 0.4) is 0 Å². The molecular formula is C18H16N2O4S. The number of anilines is 1. The van der Waals surface area contributed by atoms with Crippen molar-refractivity contribution in [3.8, 4) is 11.5 Å². The number of Topliss-reactive ketones (excluding diaryl/α,β-unsaturated/α-hetero) is 1. The molecule has 2 aromatic rings. The number of aryl methyl sites for hydroxylation is 1. The van der Waals surface area contributed by atoms with Crippen LogP contribution in [0.2, 0.25) is 0 Å². The molecule has 2 aliphatic rings. The van der Waals surface area contributed by atoms with Crippen molar-refractivity contribution in [1.29, 1.82) is 0 Å². The zero-order valence-electron chi connectivity index (χ0n) is 13.4. The van der Waals surface area contributed by atoms with E-state index < -0.39 is 0 Å². The molecule has 0 bridgehead atoms. The lowest BCUT2D eigenvalue weighted by Crippen LogP contribution is -2.15. The average Bonchev–Trinajstić information content (AvgIpc) is 3.03. The van der Waals surface area contributed by atoms with Gasteiger partial charge in [-0.25, -0.2) is 4.98 Å². The Hall–Kier alpha value is -2.67. The minimum Gasteiger partial charge on any atom is -0.486 e. The second-order valence-corrected chi connectivity index (χ2v) is 6.80. The van der Waals surface area contributed by atoms with E-state index in [4.69, 9.17) is 9.47 Å². The molecule has 128 valence electrons. The maximum absolute atomic E-state index is 12.1. The number of ether oxygens (including phenoxy) is 2. The molecule has 6 nitrogen and oxygen atoms in total. The molecule has 0 spiro atoms. The monoisotopic (exact) mass is 356 g/mol. The molecule has 7 heteroatoms. The first-order chi connectivity index (χ1) is 12.2. The van der Waals surface area contributed by atoms with Gasteiger partial charge >= 0.3 is 0 Å². The van der Waals surface area contributed by atoms with E-state index >= 15 is 0 Å². The van der Waals surface area contributed by atoms with Gasteiger partial charge in [-0.3, -0.25) is 14.9 Å². The first-order valence-corrected chi connectivity index (χ1v) is 8.92. The number of benzene rings is 1. The van der Waals surface area contributed by atoms with E-state index in [1.807, 2.05) is 18.2 Å². The fourth-order valence-electron chi connectivity index (χ4n) is 2.81. The largest absolute Gasteiger partial charge is 0.486 e. The topological polar surface area (TPSA) is 77.5 Å². The number of ketones is 1. The highest BCUT2D eigenvalue weighted by Crippen LogP contribution is 2.31. The summed E-state index contributed by atoms with van der Waals surface area (Å²) in [7, 11) is 0. The minimum atomic E-state index is -0.284. The van der Waals surface area contributed by atoms with Crippen molar-refractivity contribution in [2.75, 3.05) is 18.5 Å². The molecule has 0 atom stereocenters. The van der Waals surface area contributed by atoms with Gasteiger partial charge < -0.3 is 9.47 Å². The molecule has 0 saturated heterocycles. The Labute approximate surface area is 148 Å². The number of fused-ring (bicyclic) bond motifs is 2. The molecule has 0 saturated carbocycles. The van der Waals surface area contributed by atoms with Gasteiger partial charge in [0.15, 0.2) is 22.4 Å². The first kappa shape index (κ1) is 15.8. The number of thiazole rings is 1. The molecule has 1 amide bonds. The van der Waals surface area contributed by atoms with Crippen LogP contribution in [0.1, 0.15) is 33.8 Å². The highest BCUT2D eigenvalue weighted by molar-refractivity contribution is 7.17. The number of hydrogen-bond acceptors (Lipinski definition) is 6. The number of amides is 1. The third kappa shape index (κ3) is 3.41. The van der Waals surface area contributed by atoms with Crippen molar-refractivity contribution in [1.82, 2.24) is 4.98 Å². The average molecular weight is 356 g/mol. The molecule has 4 rings (SSSR count). The van der Waals surface area contributed by atoms with Crippen LogP contribution in [0.15, 0.2) is 24.3 Å². The van der Waals surface area contributed by atoms with Crippen molar-refractivity contribution in [3.05, 3.63) is 40.4 Å². The summed E-state index contributed by atoms with van der Waals surface area (Å²) in [5, 5.41) is 3.20. The molecule has 1 aliphatic heterocycles.